The van der Waals surface area contributed by atoms with Crippen LogP contribution < -0.4 is 0 Å². The van der Waals surface area contributed by atoms with Gasteiger partial charge in [0.15, 0.2) is 9.84 Å². The highest BCUT2D eigenvalue weighted by Crippen LogP contribution is 2.23. The van der Waals surface area contributed by atoms with Crippen molar-refractivity contribution in [3.05, 3.63) is 35.4 Å². The smallest absolute Gasteiger partial charge is 0.253 e. The van der Waals surface area contributed by atoms with Gasteiger partial charge in [0.05, 0.1) is 11.5 Å². The fourth-order valence-corrected chi connectivity index (χ4v) is 3.42. The van der Waals surface area contributed by atoms with E-state index in [4.69, 9.17) is 0 Å². The van der Waals surface area contributed by atoms with E-state index in [2.05, 4.69) is 20.8 Å². The highest BCUT2D eigenvalue weighted by atomic mass is 32.2. The molecule has 1 aliphatic rings. The molecule has 1 saturated heterocycles. The summed E-state index contributed by atoms with van der Waals surface area (Å²) in [6.45, 7) is 6.89. The summed E-state index contributed by atoms with van der Waals surface area (Å²) in [5.74, 6) is 0.0566. The van der Waals surface area contributed by atoms with Crippen molar-refractivity contribution in [3.8, 4) is 0 Å². The van der Waals surface area contributed by atoms with Gasteiger partial charge < -0.3 is 4.90 Å². The molecule has 4 nitrogen and oxygen atoms in total. The maximum Gasteiger partial charge on any atom is 0.253 e. The highest BCUT2D eigenvalue weighted by Gasteiger charge is 2.26. The normalized spacial score (nSPS) is 18.9. The Morgan fingerprint density at radius 3 is 2.30 bits per heavy atom. The third-order valence-electron chi connectivity index (χ3n) is 3.61. The van der Waals surface area contributed by atoms with Gasteiger partial charge in [0.2, 0.25) is 0 Å². The lowest BCUT2D eigenvalue weighted by Gasteiger charge is -2.27. The average molecular weight is 295 g/mol. The van der Waals surface area contributed by atoms with Crippen molar-refractivity contribution in [3.63, 3.8) is 0 Å². The topological polar surface area (TPSA) is 54.5 Å². The summed E-state index contributed by atoms with van der Waals surface area (Å²) >= 11 is 0. The third-order valence-corrected chi connectivity index (χ3v) is 5.22. The van der Waals surface area contributed by atoms with E-state index in [1.54, 1.807) is 11.0 Å². The Morgan fingerprint density at radius 2 is 1.75 bits per heavy atom. The van der Waals surface area contributed by atoms with Crippen molar-refractivity contribution in [2.45, 2.75) is 26.2 Å². The molecule has 0 aromatic heterocycles. The molecular weight excluding hydrogens is 274 g/mol. The van der Waals surface area contributed by atoms with E-state index in [1.807, 2.05) is 18.2 Å². The Morgan fingerprint density at radius 1 is 1.15 bits per heavy atom. The highest BCUT2D eigenvalue weighted by molar-refractivity contribution is 7.91. The molecule has 1 aliphatic heterocycles. The van der Waals surface area contributed by atoms with Gasteiger partial charge in [0.1, 0.15) is 0 Å². The number of carbonyl (C=O) groups is 1. The van der Waals surface area contributed by atoms with E-state index in [1.165, 1.54) is 0 Å². The fraction of sp³-hybridized carbons (Fsp3) is 0.533. The van der Waals surface area contributed by atoms with Gasteiger partial charge in [-0.1, -0.05) is 32.9 Å². The van der Waals surface area contributed by atoms with Crippen LogP contribution in [0.1, 0.15) is 36.7 Å². The zero-order valence-corrected chi connectivity index (χ0v) is 13.0. The molecule has 0 N–H and O–H groups in total. The first kappa shape index (κ1) is 15.0. The molecule has 1 fully saturated rings. The second-order valence-corrected chi connectivity index (χ2v) is 8.58. The molecule has 0 spiro atoms. The summed E-state index contributed by atoms with van der Waals surface area (Å²) < 4.78 is 22.8. The summed E-state index contributed by atoms with van der Waals surface area (Å²) in [6, 6.07) is 7.60. The van der Waals surface area contributed by atoms with Crippen LogP contribution in [0.3, 0.4) is 0 Å². The summed E-state index contributed by atoms with van der Waals surface area (Å²) in [4.78, 5) is 14.0. The monoisotopic (exact) mass is 295 g/mol. The van der Waals surface area contributed by atoms with Crippen LogP contribution in [-0.2, 0) is 15.3 Å². The Balaban J connectivity index is 2.18. The number of carbonyl (C=O) groups excluding carboxylic acids is 1. The summed E-state index contributed by atoms with van der Waals surface area (Å²) in [7, 11) is -2.96. The molecular formula is C15H21NO3S. The molecule has 1 aromatic carbocycles. The van der Waals surface area contributed by atoms with Gasteiger partial charge in [-0.05, 0) is 23.1 Å². The minimum atomic E-state index is -2.96. The quantitative estimate of drug-likeness (QED) is 0.794. The lowest BCUT2D eigenvalue weighted by molar-refractivity contribution is 0.0770. The van der Waals surface area contributed by atoms with E-state index in [9.17, 15) is 13.2 Å². The van der Waals surface area contributed by atoms with Gasteiger partial charge in [-0.3, -0.25) is 4.79 Å². The van der Waals surface area contributed by atoms with E-state index < -0.39 is 9.84 Å². The van der Waals surface area contributed by atoms with Crippen molar-refractivity contribution >= 4 is 15.7 Å². The van der Waals surface area contributed by atoms with Gasteiger partial charge in [0.25, 0.3) is 5.91 Å². The second kappa shape index (κ2) is 5.20. The van der Waals surface area contributed by atoms with Crippen molar-refractivity contribution in [2.75, 3.05) is 24.6 Å². The molecule has 5 heteroatoms. The lowest BCUT2D eigenvalue weighted by atomic mass is 9.86. The van der Waals surface area contributed by atoms with Crippen LogP contribution in [0.4, 0.5) is 0 Å². The lowest BCUT2D eigenvalue weighted by Crippen LogP contribution is -2.43. The molecule has 0 bridgehead atoms. The Hall–Kier alpha value is -1.36. The van der Waals surface area contributed by atoms with E-state index in [-0.39, 0.29) is 22.8 Å². The molecule has 0 aliphatic carbocycles. The SMILES string of the molecule is CC(C)(C)c1cccc(C(=O)N2CCS(=O)(=O)CC2)c1. The predicted octanol–water partition coefficient (Wildman–Crippen LogP) is 1.85. The first-order chi connectivity index (χ1) is 9.19. The number of rotatable bonds is 1. The van der Waals surface area contributed by atoms with Crippen molar-refractivity contribution in [1.82, 2.24) is 4.90 Å². The van der Waals surface area contributed by atoms with E-state index in [0.29, 0.717) is 18.7 Å². The summed E-state index contributed by atoms with van der Waals surface area (Å²) in [5, 5.41) is 0. The van der Waals surface area contributed by atoms with Crippen LogP contribution >= 0.6 is 0 Å². The zero-order valence-electron chi connectivity index (χ0n) is 12.2. The molecule has 0 atom stereocenters. The second-order valence-electron chi connectivity index (χ2n) is 6.27. The summed E-state index contributed by atoms with van der Waals surface area (Å²) in [6.07, 6.45) is 0. The Bertz CT molecular complexity index is 600. The first-order valence-corrected chi connectivity index (χ1v) is 8.61. The van der Waals surface area contributed by atoms with Crippen molar-refractivity contribution < 1.29 is 13.2 Å². The minimum absolute atomic E-state index is 0.0124. The predicted molar refractivity (Wildman–Crippen MR) is 79.7 cm³/mol. The molecule has 110 valence electrons. The molecule has 1 amide bonds. The molecule has 0 unspecified atom stereocenters. The van der Waals surface area contributed by atoms with Crippen molar-refractivity contribution in [2.24, 2.45) is 0 Å². The number of sulfone groups is 1. The number of nitrogens with zero attached hydrogens (tertiary/aromatic N) is 1. The van der Waals surface area contributed by atoms with Crippen molar-refractivity contribution in [1.29, 1.82) is 0 Å². The molecule has 1 heterocycles. The largest absolute Gasteiger partial charge is 0.337 e. The number of amides is 1. The molecule has 0 radical (unpaired) electrons. The van der Waals surface area contributed by atoms with Gasteiger partial charge in [-0.15, -0.1) is 0 Å². The average Bonchev–Trinajstić information content (AvgIpc) is 2.37. The van der Waals surface area contributed by atoms with Gasteiger partial charge >= 0.3 is 0 Å². The first-order valence-electron chi connectivity index (χ1n) is 6.79. The van der Waals surface area contributed by atoms with Crippen LogP contribution in [0, 0.1) is 0 Å². The summed E-state index contributed by atoms with van der Waals surface area (Å²) in [5.41, 5.74) is 1.73. The number of benzene rings is 1. The Labute approximate surface area is 120 Å². The van der Waals surface area contributed by atoms with Crippen LogP contribution in [-0.4, -0.2) is 43.8 Å². The molecule has 1 aromatic rings. The van der Waals surface area contributed by atoms with Crippen LogP contribution in [0.2, 0.25) is 0 Å². The zero-order chi connectivity index (χ0) is 15.0. The van der Waals surface area contributed by atoms with E-state index in [0.717, 1.165) is 5.56 Å². The number of hydrogen-bond donors (Lipinski definition) is 0. The van der Waals surface area contributed by atoms with Gasteiger partial charge in [0, 0.05) is 18.7 Å². The maximum absolute atomic E-state index is 12.4. The van der Waals surface area contributed by atoms with Gasteiger partial charge in [-0.25, -0.2) is 8.42 Å². The molecule has 20 heavy (non-hydrogen) atoms. The maximum atomic E-state index is 12.4. The fourth-order valence-electron chi connectivity index (χ4n) is 2.22. The van der Waals surface area contributed by atoms with Crippen LogP contribution in [0.5, 0.6) is 0 Å². The third kappa shape index (κ3) is 3.39. The van der Waals surface area contributed by atoms with Gasteiger partial charge in [-0.2, -0.15) is 0 Å². The van der Waals surface area contributed by atoms with Crippen LogP contribution in [0.25, 0.3) is 0 Å². The standard InChI is InChI=1S/C15H21NO3S/c1-15(2,3)13-6-4-5-12(11-13)14(17)16-7-9-20(18,19)10-8-16/h4-6,11H,7-10H2,1-3H3. The van der Waals surface area contributed by atoms with Crippen LogP contribution in [0.15, 0.2) is 24.3 Å². The Kier molecular flexibility index (Phi) is 3.91. The molecule has 0 saturated carbocycles. The molecule has 2 rings (SSSR count). The minimum Gasteiger partial charge on any atom is -0.337 e. The van der Waals surface area contributed by atoms with E-state index >= 15 is 0 Å². The number of hydrogen-bond acceptors (Lipinski definition) is 3.